The van der Waals surface area contributed by atoms with E-state index >= 15 is 0 Å². The van der Waals surface area contributed by atoms with E-state index in [1.54, 1.807) is 61.8 Å². The van der Waals surface area contributed by atoms with Crippen LogP contribution in [-0.4, -0.2) is 30.9 Å². The van der Waals surface area contributed by atoms with E-state index in [2.05, 4.69) is 20.4 Å². The number of nitrogens with one attached hydrogen (secondary N) is 2. The topological polar surface area (TPSA) is 81.7 Å². The lowest BCUT2D eigenvalue weighted by Crippen LogP contribution is -2.34. The van der Waals surface area contributed by atoms with Crippen molar-refractivity contribution in [2.75, 3.05) is 13.7 Å². The van der Waals surface area contributed by atoms with E-state index in [1.807, 2.05) is 12.1 Å². The Morgan fingerprint density at radius 1 is 0.912 bits per heavy atom. The van der Waals surface area contributed by atoms with Gasteiger partial charge in [0.25, 0.3) is 0 Å². The zero-order chi connectivity index (χ0) is 24.4. The van der Waals surface area contributed by atoms with Crippen LogP contribution < -0.4 is 20.1 Å². The lowest BCUT2D eigenvalue weighted by molar-refractivity contribution is -0.176. The number of halogens is 3. The lowest BCUT2D eigenvalue weighted by Gasteiger charge is -2.10. The van der Waals surface area contributed by atoms with Crippen LogP contribution in [0.15, 0.2) is 66.9 Å². The number of carbonyl (C=O) groups is 1. The van der Waals surface area contributed by atoms with Gasteiger partial charge in [0.05, 0.1) is 13.7 Å². The fourth-order valence-electron chi connectivity index (χ4n) is 2.83. The van der Waals surface area contributed by atoms with Crippen LogP contribution in [0.25, 0.3) is 0 Å². The molecule has 2 aromatic carbocycles. The van der Waals surface area contributed by atoms with Crippen molar-refractivity contribution in [1.82, 2.24) is 15.6 Å². The molecular weight excluding hydrogens is 451 g/mol. The number of methoxy groups -OCH3 is 1. The number of hydrogen-bond acceptors (Lipinski definition) is 5. The first-order valence-electron chi connectivity index (χ1n) is 10.3. The average molecular weight is 475 g/mol. The van der Waals surface area contributed by atoms with Crippen LogP contribution in [0.3, 0.4) is 0 Å². The quantitative estimate of drug-likeness (QED) is 0.433. The van der Waals surface area contributed by atoms with E-state index in [0.29, 0.717) is 22.9 Å². The molecule has 0 saturated heterocycles. The maximum absolute atomic E-state index is 12.1. The molecule has 0 fully saturated rings. The number of nitrogens with zero attached hydrogens (tertiary/aromatic N) is 1. The summed E-state index contributed by atoms with van der Waals surface area (Å²) in [6.45, 7) is -0.885. The van der Waals surface area contributed by atoms with Crippen LogP contribution in [0.4, 0.5) is 18.0 Å². The van der Waals surface area contributed by atoms with Gasteiger partial charge in [0.1, 0.15) is 18.1 Å². The Morgan fingerprint density at radius 2 is 1.56 bits per heavy atom. The van der Waals surface area contributed by atoms with Crippen LogP contribution in [0.2, 0.25) is 0 Å². The van der Waals surface area contributed by atoms with E-state index in [9.17, 15) is 18.0 Å². The van der Waals surface area contributed by atoms with Crippen molar-refractivity contribution in [2.24, 2.45) is 0 Å². The normalized spacial score (nSPS) is 11.1. The molecule has 1 aromatic heterocycles. The predicted molar refractivity (Wildman–Crippen MR) is 119 cm³/mol. The number of urea groups is 1. The molecule has 0 radical (unpaired) electrons. The van der Waals surface area contributed by atoms with Gasteiger partial charge in [-0.2, -0.15) is 13.2 Å². The third-order valence-electron chi connectivity index (χ3n) is 4.52. The summed E-state index contributed by atoms with van der Waals surface area (Å²) in [5.41, 5.74) is 2.20. The summed E-state index contributed by atoms with van der Waals surface area (Å²) < 4.78 is 51.8. The second-order valence-corrected chi connectivity index (χ2v) is 7.25. The second kappa shape index (κ2) is 11.9. The maximum Gasteiger partial charge on any atom is 0.411 e. The molecule has 0 aliphatic heterocycles. The van der Waals surface area contributed by atoms with Crippen molar-refractivity contribution in [2.45, 2.75) is 25.9 Å². The van der Waals surface area contributed by atoms with Crippen LogP contribution in [-0.2, 0) is 24.4 Å². The van der Waals surface area contributed by atoms with E-state index in [-0.39, 0.29) is 25.7 Å². The number of amides is 2. The number of carbonyl (C=O) groups excluding carboxylic acids is 1. The number of benzene rings is 2. The van der Waals surface area contributed by atoms with E-state index < -0.39 is 12.8 Å². The first-order chi connectivity index (χ1) is 16.3. The van der Waals surface area contributed by atoms with Gasteiger partial charge in [-0.3, -0.25) is 0 Å². The Hall–Kier alpha value is -3.79. The second-order valence-electron chi connectivity index (χ2n) is 7.25. The third kappa shape index (κ3) is 8.62. The minimum atomic E-state index is -4.35. The Balaban J connectivity index is 1.38. The van der Waals surface area contributed by atoms with Crippen molar-refractivity contribution in [3.8, 4) is 17.4 Å². The maximum atomic E-state index is 12.1. The number of ether oxygens (including phenoxy) is 3. The molecule has 2 N–H and O–H groups in total. The minimum absolute atomic E-state index is 0.134. The molecule has 0 atom stereocenters. The fourth-order valence-corrected chi connectivity index (χ4v) is 2.83. The highest BCUT2D eigenvalue weighted by atomic mass is 19.4. The van der Waals surface area contributed by atoms with E-state index in [4.69, 9.17) is 9.47 Å². The first-order valence-corrected chi connectivity index (χ1v) is 10.3. The summed E-state index contributed by atoms with van der Waals surface area (Å²) in [4.78, 5) is 16.3. The average Bonchev–Trinajstić information content (AvgIpc) is 2.82. The molecule has 1 heterocycles. The van der Waals surface area contributed by atoms with Crippen molar-refractivity contribution in [1.29, 1.82) is 0 Å². The molecule has 3 rings (SSSR count). The van der Waals surface area contributed by atoms with Crippen molar-refractivity contribution in [3.63, 3.8) is 0 Å². The third-order valence-corrected chi connectivity index (χ3v) is 4.52. The summed E-state index contributed by atoms with van der Waals surface area (Å²) in [5.74, 6) is 1.68. The molecule has 0 aliphatic rings. The SMILES string of the molecule is COc1cccc(Oc2ccc(CNC(=O)NCc3ccc(COCC(F)(F)F)cc3)cn2)c1. The monoisotopic (exact) mass is 475 g/mol. The molecular formula is C24H24F3N3O4. The first kappa shape index (κ1) is 24.8. The number of pyridine rings is 1. The van der Waals surface area contributed by atoms with Gasteiger partial charge in [0.15, 0.2) is 0 Å². The summed E-state index contributed by atoms with van der Waals surface area (Å²) in [6.07, 6.45) is -2.74. The predicted octanol–water partition coefficient (Wildman–Crippen LogP) is 4.96. The zero-order valence-corrected chi connectivity index (χ0v) is 18.4. The highest BCUT2D eigenvalue weighted by Gasteiger charge is 2.27. The van der Waals surface area contributed by atoms with Gasteiger partial charge in [-0.15, -0.1) is 0 Å². The molecule has 0 spiro atoms. The lowest BCUT2D eigenvalue weighted by atomic mass is 10.1. The minimum Gasteiger partial charge on any atom is -0.497 e. The van der Waals surface area contributed by atoms with Crippen LogP contribution in [0, 0.1) is 0 Å². The molecule has 0 bridgehead atoms. The Morgan fingerprint density at radius 3 is 2.21 bits per heavy atom. The van der Waals surface area contributed by atoms with Gasteiger partial charge >= 0.3 is 12.2 Å². The highest BCUT2D eigenvalue weighted by molar-refractivity contribution is 5.73. The molecule has 34 heavy (non-hydrogen) atoms. The van der Waals surface area contributed by atoms with Gasteiger partial charge < -0.3 is 24.8 Å². The number of alkyl halides is 3. The zero-order valence-electron chi connectivity index (χ0n) is 18.4. The molecule has 3 aromatic rings. The molecule has 0 unspecified atom stereocenters. The van der Waals surface area contributed by atoms with Gasteiger partial charge in [0, 0.05) is 31.4 Å². The Bertz CT molecular complexity index is 1060. The largest absolute Gasteiger partial charge is 0.497 e. The summed E-state index contributed by atoms with van der Waals surface area (Å²) >= 11 is 0. The van der Waals surface area contributed by atoms with Gasteiger partial charge in [0.2, 0.25) is 5.88 Å². The highest BCUT2D eigenvalue weighted by Crippen LogP contribution is 2.23. The van der Waals surface area contributed by atoms with Crippen molar-refractivity contribution < 1.29 is 32.2 Å². The van der Waals surface area contributed by atoms with Crippen LogP contribution >= 0.6 is 0 Å². The number of rotatable bonds is 10. The molecule has 0 aliphatic carbocycles. The van der Waals surface area contributed by atoms with E-state index in [1.165, 1.54) is 0 Å². The number of aromatic nitrogens is 1. The smallest absolute Gasteiger partial charge is 0.411 e. The van der Waals surface area contributed by atoms with E-state index in [0.717, 1.165) is 11.1 Å². The molecule has 7 nitrogen and oxygen atoms in total. The van der Waals surface area contributed by atoms with Crippen molar-refractivity contribution in [3.05, 3.63) is 83.6 Å². The Kier molecular flexibility index (Phi) is 8.69. The molecule has 10 heteroatoms. The van der Waals surface area contributed by atoms with Gasteiger partial charge in [-0.05, 0) is 28.8 Å². The summed E-state index contributed by atoms with van der Waals surface area (Å²) in [7, 11) is 1.58. The van der Waals surface area contributed by atoms with Gasteiger partial charge in [-0.25, -0.2) is 9.78 Å². The Labute approximate surface area is 194 Å². The molecule has 180 valence electrons. The van der Waals surface area contributed by atoms with Crippen LogP contribution in [0.1, 0.15) is 16.7 Å². The number of hydrogen-bond donors (Lipinski definition) is 2. The van der Waals surface area contributed by atoms with Crippen molar-refractivity contribution >= 4 is 6.03 Å². The molecule has 2 amide bonds. The standard InChI is InChI=1S/C24H24F3N3O4/c1-32-20-3-2-4-21(11-20)34-22-10-9-19(13-28-22)14-30-23(31)29-12-17-5-7-18(8-6-17)15-33-16-24(25,26)27/h2-11,13H,12,14-16H2,1H3,(H2,29,30,31). The molecule has 0 saturated carbocycles. The summed E-state index contributed by atoms with van der Waals surface area (Å²) in [6, 6.07) is 17.0. The van der Waals surface area contributed by atoms with Gasteiger partial charge in [-0.1, -0.05) is 36.4 Å². The van der Waals surface area contributed by atoms with Crippen LogP contribution in [0.5, 0.6) is 17.4 Å². The summed E-state index contributed by atoms with van der Waals surface area (Å²) in [5, 5.41) is 5.45. The fraction of sp³-hybridized carbons (Fsp3) is 0.250.